The zero-order valence-electron chi connectivity index (χ0n) is 22.7. The molecule has 0 rings (SSSR count). The zero-order chi connectivity index (χ0) is 22.2. The van der Waals surface area contributed by atoms with Gasteiger partial charge in [-0.25, -0.2) is 0 Å². The van der Waals surface area contributed by atoms with Crippen molar-refractivity contribution in [1.82, 2.24) is 19.6 Å². The Bertz CT molecular complexity index is 271. The Hall–Kier alpha value is 4.84. The first kappa shape index (κ1) is 72.8. The Morgan fingerprint density at radius 2 is 0.694 bits per heavy atom. The number of unbranched alkanes of at least 4 members (excludes halogenated alkanes) is 1. The topological polar surface area (TPSA) is 39.0 Å². The minimum Gasteiger partial charge on any atom is -0.330 e. The van der Waals surface area contributed by atoms with Crippen molar-refractivity contribution in [2.75, 3.05) is 87.1 Å². The predicted molar refractivity (Wildman–Crippen MR) is 157 cm³/mol. The fourth-order valence-electron chi connectivity index (χ4n) is 2.39. The van der Waals surface area contributed by atoms with E-state index < -0.39 is 0 Å². The molecule has 0 bridgehead atoms. The number of hydrogen-bond donors (Lipinski definition) is 1. The van der Waals surface area contributed by atoms with Crippen LogP contribution in [0.15, 0.2) is 0 Å². The van der Waals surface area contributed by atoms with E-state index in [1.807, 2.05) is 0 Å². The molecular weight excluding hydrogens is 554 g/mol. The summed E-state index contributed by atoms with van der Waals surface area (Å²) in [5.74, 6) is 0. The molecule has 0 unspecified atom stereocenters. The van der Waals surface area contributed by atoms with Crippen molar-refractivity contribution < 1.29 is 151 Å². The van der Waals surface area contributed by atoms with E-state index in [4.69, 9.17) is 5.73 Å². The molecule has 0 aromatic rings. The Morgan fingerprint density at radius 3 is 0.861 bits per heavy atom. The molecule has 0 aromatic heterocycles. The zero-order valence-corrected chi connectivity index (χ0v) is 25.5. The number of rotatable bonds is 15. The van der Waals surface area contributed by atoms with Crippen molar-refractivity contribution in [3.05, 3.63) is 0 Å². The molecule has 9 heteroatoms. The number of nitrogens with zero attached hydrogens (tertiary/aromatic N) is 4. The third-order valence-corrected chi connectivity index (χ3v) is 4.94. The number of nitrogens with two attached hydrogens (primary N) is 1. The molecule has 0 atom stereocenters. The molecule has 0 saturated heterocycles. The molecule has 0 aliphatic carbocycles. The van der Waals surface area contributed by atoms with E-state index in [2.05, 4.69) is 82.4 Å². The Kier molecular flexibility index (Phi) is 128. The third kappa shape index (κ3) is 71.8. The van der Waals surface area contributed by atoms with Gasteiger partial charge in [-0.1, -0.05) is 70.7 Å². The van der Waals surface area contributed by atoms with Crippen LogP contribution in [-0.4, -0.2) is 107 Å². The summed E-state index contributed by atoms with van der Waals surface area (Å²) in [6, 6.07) is 0. The molecule has 0 amide bonds. The molecule has 0 saturated carbocycles. The quantitative estimate of drug-likeness (QED) is 0.233. The van der Waals surface area contributed by atoms with E-state index in [-0.39, 0.29) is 181 Å². The van der Waals surface area contributed by atoms with Crippen molar-refractivity contribution in [3.8, 4) is 0 Å². The SMILES string of the molecule is C.C.C.C.CCCCN.CCCN(C)CCCN(C)CC.CCN(C)CCCN(C)CC.[Ar].[Ar].[Ar].[Ar]. The third-order valence-electron chi connectivity index (χ3n) is 4.94. The molecule has 0 fully saturated rings. The summed E-state index contributed by atoms with van der Waals surface area (Å²) >= 11 is 0. The van der Waals surface area contributed by atoms with Gasteiger partial charge in [-0.15, -0.1) is 0 Å². The van der Waals surface area contributed by atoms with Gasteiger partial charge >= 0.3 is 0 Å². The average Bonchev–Trinajstić information content (AvgIpc) is 2.69. The Balaban J connectivity index is -0.0000000274. The van der Waals surface area contributed by atoms with E-state index in [1.54, 1.807) is 0 Å². The van der Waals surface area contributed by atoms with Gasteiger partial charge in [0.1, 0.15) is 0 Å². The molecule has 0 heterocycles. The maximum Gasteiger partial charge on any atom is 0 e. The van der Waals surface area contributed by atoms with Crippen molar-refractivity contribution in [1.29, 1.82) is 0 Å². The van der Waals surface area contributed by atoms with Gasteiger partial charge < -0.3 is 25.3 Å². The molecule has 2 N–H and O–H groups in total. The van der Waals surface area contributed by atoms with Crippen molar-refractivity contribution >= 4 is 0 Å². The van der Waals surface area contributed by atoms with Crippen LogP contribution in [0.2, 0.25) is 0 Å². The maximum atomic E-state index is 5.14. The Morgan fingerprint density at radius 1 is 0.417 bits per heavy atom. The largest absolute Gasteiger partial charge is 0.330 e. The summed E-state index contributed by atoms with van der Waals surface area (Å²) in [7, 11) is 8.73. The van der Waals surface area contributed by atoms with Crippen molar-refractivity contribution in [2.24, 2.45) is 5.73 Å². The molecular formula is C27H73Ar4N5. The van der Waals surface area contributed by atoms with Gasteiger partial charge in [0.15, 0.2) is 0 Å². The fourth-order valence-corrected chi connectivity index (χ4v) is 2.39. The first-order valence-corrected chi connectivity index (χ1v) is 11.8. The first-order chi connectivity index (χ1) is 13.3. The second kappa shape index (κ2) is 63.2. The minimum absolute atomic E-state index is 0. The van der Waals surface area contributed by atoms with Crippen molar-refractivity contribution in [2.45, 2.75) is 96.4 Å². The van der Waals surface area contributed by atoms with Gasteiger partial charge in [-0.2, -0.15) is 0 Å². The van der Waals surface area contributed by atoms with E-state index in [9.17, 15) is 0 Å². The molecule has 0 spiro atoms. The molecule has 0 aliphatic rings. The first-order valence-electron chi connectivity index (χ1n) is 11.8. The summed E-state index contributed by atoms with van der Waals surface area (Å²) in [4.78, 5) is 9.47. The summed E-state index contributed by atoms with van der Waals surface area (Å²) in [5.41, 5.74) is 5.14. The summed E-state index contributed by atoms with van der Waals surface area (Å²) in [6.07, 6.45) is 6.23. The van der Waals surface area contributed by atoms with Gasteiger partial charge in [0, 0.05) is 151 Å². The van der Waals surface area contributed by atoms with Crippen LogP contribution in [0.25, 0.3) is 0 Å². The summed E-state index contributed by atoms with van der Waals surface area (Å²) < 4.78 is 0. The second-order valence-electron chi connectivity index (χ2n) is 7.84. The van der Waals surface area contributed by atoms with Crippen LogP contribution in [0.1, 0.15) is 96.4 Å². The monoisotopic (exact) mass is 627 g/mol. The van der Waals surface area contributed by atoms with Crippen LogP contribution in [0.4, 0.5) is 0 Å². The molecule has 0 aromatic carbocycles. The molecule has 0 radical (unpaired) electrons. The standard InChI is InChI=1S/C10H24N2.C9H22N2.C4H11N.4CH4.4Ar/c1-5-8-12(4)10-7-9-11(3)6-2;1-5-10(3)8-7-9-11(4)6-2;1-2-3-4-5;;;;;;;;/h5-10H2,1-4H3;5-9H2,1-4H3;2-5H2,1H3;4*1H4;;;;. The fraction of sp³-hybridized carbons (Fsp3) is 1.00. The van der Waals surface area contributed by atoms with E-state index >= 15 is 0 Å². The minimum atomic E-state index is 0. The van der Waals surface area contributed by atoms with Crippen LogP contribution in [0, 0.1) is 151 Å². The van der Waals surface area contributed by atoms with Gasteiger partial charge in [-0.3, -0.25) is 0 Å². The summed E-state index contributed by atoms with van der Waals surface area (Å²) in [5, 5.41) is 0. The van der Waals surface area contributed by atoms with Crippen LogP contribution >= 0.6 is 0 Å². The molecule has 238 valence electrons. The van der Waals surface area contributed by atoms with Gasteiger partial charge in [-0.05, 0) is 113 Å². The summed E-state index contributed by atoms with van der Waals surface area (Å²) in [6.45, 7) is 21.4. The van der Waals surface area contributed by atoms with Gasteiger partial charge in [0.2, 0.25) is 0 Å². The van der Waals surface area contributed by atoms with Crippen LogP contribution in [0.5, 0.6) is 0 Å². The average molecular weight is 628 g/mol. The van der Waals surface area contributed by atoms with Crippen LogP contribution < -0.4 is 5.73 Å². The van der Waals surface area contributed by atoms with Gasteiger partial charge in [0.05, 0.1) is 0 Å². The van der Waals surface area contributed by atoms with Gasteiger partial charge in [0.25, 0.3) is 0 Å². The smallest absolute Gasteiger partial charge is 0 e. The van der Waals surface area contributed by atoms with Crippen molar-refractivity contribution in [3.63, 3.8) is 0 Å². The van der Waals surface area contributed by atoms with Crippen LogP contribution in [-0.2, 0) is 0 Å². The normalized spacial score (nSPS) is 8.50. The molecule has 5 nitrogen and oxygen atoms in total. The molecule has 0 aliphatic heterocycles. The maximum absolute atomic E-state index is 5.14. The number of hydrogen-bond acceptors (Lipinski definition) is 5. The van der Waals surface area contributed by atoms with Crippen LogP contribution in [0.3, 0.4) is 0 Å². The predicted octanol–water partition coefficient (Wildman–Crippen LogP) is 6.24. The van der Waals surface area contributed by atoms with E-state index in [0.717, 1.165) is 26.2 Å². The van der Waals surface area contributed by atoms with E-state index in [0.29, 0.717) is 0 Å². The second-order valence-corrected chi connectivity index (χ2v) is 7.84. The van der Waals surface area contributed by atoms with E-state index in [1.165, 1.54) is 64.8 Å². The molecule has 36 heavy (non-hydrogen) atoms. The Labute approximate surface area is 353 Å².